The van der Waals surface area contributed by atoms with E-state index < -0.39 is 11.7 Å². The number of hydrogen-bond acceptors (Lipinski definition) is 6. The summed E-state index contributed by atoms with van der Waals surface area (Å²) >= 11 is 0. The van der Waals surface area contributed by atoms with Crippen LogP contribution in [0.5, 0.6) is 5.88 Å². The molecule has 1 aliphatic rings. The molecule has 0 bridgehead atoms. The number of anilines is 1. The van der Waals surface area contributed by atoms with Crippen LogP contribution in [0.2, 0.25) is 0 Å². The zero-order chi connectivity index (χ0) is 19.8. The summed E-state index contributed by atoms with van der Waals surface area (Å²) < 4.78 is 21.6. The number of pyridine rings is 2. The number of halogens is 1. The fourth-order valence-electron chi connectivity index (χ4n) is 3.48. The molecule has 3 aromatic rings. The SMILES string of the molecule is COc1nc(N2CCNCC2)c(-c2cc(F)c3nc(C)cn3c2)cc1C(N)=O. The Kier molecular flexibility index (Phi) is 4.60. The maximum absolute atomic E-state index is 14.7. The van der Waals surface area contributed by atoms with Crippen LogP contribution in [0.1, 0.15) is 16.1 Å². The minimum atomic E-state index is -0.655. The molecule has 0 spiro atoms. The third-order valence-corrected chi connectivity index (χ3v) is 4.78. The van der Waals surface area contributed by atoms with Crippen molar-refractivity contribution in [3.63, 3.8) is 0 Å². The highest BCUT2D eigenvalue weighted by molar-refractivity contribution is 5.97. The van der Waals surface area contributed by atoms with E-state index in [0.717, 1.165) is 26.2 Å². The van der Waals surface area contributed by atoms with Crippen molar-refractivity contribution >= 4 is 17.4 Å². The molecule has 4 rings (SSSR count). The number of nitrogens with zero attached hydrogens (tertiary/aromatic N) is 4. The molecule has 146 valence electrons. The van der Waals surface area contributed by atoms with E-state index in [9.17, 15) is 9.18 Å². The number of nitrogens with two attached hydrogens (primary N) is 1. The highest BCUT2D eigenvalue weighted by Crippen LogP contribution is 2.35. The number of nitrogens with one attached hydrogen (secondary N) is 1. The number of primary amides is 1. The molecule has 0 aromatic carbocycles. The Bertz CT molecular complexity index is 1060. The van der Waals surface area contributed by atoms with Gasteiger partial charge in [0.1, 0.15) is 11.4 Å². The third-order valence-electron chi connectivity index (χ3n) is 4.78. The Morgan fingerprint density at radius 3 is 2.68 bits per heavy atom. The fraction of sp³-hybridized carbons (Fsp3) is 0.316. The van der Waals surface area contributed by atoms with Crippen molar-refractivity contribution in [1.82, 2.24) is 19.7 Å². The first-order valence-corrected chi connectivity index (χ1v) is 8.97. The Morgan fingerprint density at radius 1 is 1.25 bits per heavy atom. The van der Waals surface area contributed by atoms with Gasteiger partial charge >= 0.3 is 0 Å². The number of aryl methyl sites for hydroxylation is 1. The molecule has 1 saturated heterocycles. The van der Waals surface area contributed by atoms with Gasteiger partial charge in [-0.3, -0.25) is 4.79 Å². The van der Waals surface area contributed by atoms with E-state index in [0.29, 0.717) is 22.6 Å². The number of ether oxygens (including phenoxy) is 1. The standard InChI is InChI=1S/C19H21FN6O2/c1-11-9-26-10-12(7-15(20)18(26)23-11)13-8-14(16(21)27)19(28-2)24-17(13)25-5-3-22-4-6-25/h7-10,22H,3-6H2,1-2H3,(H2,21,27). The van der Waals surface area contributed by atoms with Crippen LogP contribution in [0.25, 0.3) is 16.8 Å². The van der Waals surface area contributed by atoms with Gasteiger partial charge in [0.2, 0.25) is 5.88 Å². The number of aromatic nitrogens is 3. The lowest BCUT2D eigenvalue weighted by Gasteiger charge is -2.30. The molecular weight excluding hydrogens is 363 g/mol. The second-order valence-corrected chi connectivity index (χ2v) is 6.71. The zero-order valence-electron chi connectivity index (χ0n) is 15.7. The normalized spacial score (nSPS) is 14.5. The van der Waals surface area contributed by atoms with Crippen molar-refractivity contribution in [3.05, 3.63) is 41.6 Å². The quantitative estimate of drug-likeness (QED) is 0.705. The molecule has 0 unspecified atom stereocenters. The van der Waals surface area contributed by atoms with Crippen molar-refractivity contribution in [2.24, 2.45) is 5.73 Å². The van der Waals surface area contributed by atoms with Gasteiger partial charge in [0.15, 0.2) is 11.5 Å². The molecule has 0 aliphatic carbocycles. The fourth-order valence-corrected chi connectivity index (χ4v) is 3.48. The summed E-state index contributed by atoms with van der Waals surface area (Å²) in [7, 11) is 1.44. The monoisotopic (exact) mass is 384 g/mol. The van der Waals surface area contributed by atoms with Gasteiger partial charge in [-0.15, -0.1) is 0 Å². The first kappa shape index (κ1) is 18.2. The lowest BCUT2D eigenvalue weighted by atomic mass is 10.0. The number of hydrogen-bond donors (Lipinski definition) is 2. The van der Waals surface area contributed by atoms with Crippen molar-refractivity contribution in [3.8, 4) is 17.0 Å². The smallest absolute Gasteiger partial charge is 0.254 e. The van der Waals surface area contributed by atoms with Gasteiger partial charge in [-0.1, -0.05) is 0 Å². The summed E-state index contributed by atoms with van der Waals surface area (Å²) in [5.41, 5.74) is 7.82. The number of fused-ring (bicyclic) bond motifs is 1. The van der Waals surface area contributed by atoms with Crippen LogP contribution in [-0.2, 0) is 0 Å². The largest absolute Gasteiger partial charge is 0.480 e. The highest BCUT2D eigenvalue weighted by atomic mass is 19.1. The predicted molar refractivity (Wildman–Crippen MR) is 103 cm³/mol. The minimum Gasteiger partial charge on any atom is -0.480 e. The number of carbonyl (C=O) groups excluding carboxylic acids is 1. The van der Waals surface area contributed by atoms with Gasteiger partial charge in [-0.25, -0.2) is 9.37 Å². The predicted octanol–water partition coefficient (Wildman–Crippen LogP) is 1.36. The first-order chi connectivity index (χ1) is 13.5. The Hall–Kier alpha value is -3.20. The Balaban J connectivity index is 1.95. The molecule has 0 radical (unpaired) electrons. The van der Waals surface area contributed by atoms with E-state index in [1.165, 1.54) is 13.2 Å². The van der Waals surface area contributed by atoms with Crippen LogP contribution in [0, 0.1) is 12.7 Å². The summed E-state index contributed by atoms with van der Waals surface area (Å²) in [6.45, 7) is 4.87. The average molecular weight is 384 g/mol. The number of methoxy groups -OCH3 is 1. The van der Waals surface area contributed by atoms with Gasteiger partial charge in [-0.2, -0.15) is 4.98 Å². The van der Waals surface area contributed by atoms with E-state index in [1.54, 1.807) is 29.8 Å². The van der Waals surface area contributed by atoms with Gasteiger partial charge in [-0.05, 0) is 19.1 Å². The minimum absolute atomic E-state index is 0.152. The summed E-state index contributed by atoms with van der Waals surface area (Å²) in [6, 6.07) is 3.03. The van der Waals surface area contributed by atoms with Crippen LogP contribution < -0.4 is 20.7 Å². The first-order valence-electron chi connectivity index (χ1n) is 8.97. The second-order valence-electron chi connectivity index (χ2n) is 6.71. The molecule has 8 nitrogen and oxygen atoms in total. The van der Waals surface area contributed by atoms with Gasteiger partial charge < -0.3 is 25.1 Å². The molecule has 4 heterocycles. The topological polar surface area (TPSA) is 97.8 Å². The van der Waals surface area contributed by atoms with E-state index in [2.05, 4.69) is 20.2 Å². The van der Waals surface area contributed by atoms with Crippen molar-refractivity contribution in [2.75, 3.05) is 38.2 Å². The van der Waals surface area contributed by atoms with E-state index in [1.807, 2.05) is 0 Å². The van der Waals surface area contributed by atoms with E-state index in [4.69, 9.17) is 10.5 Å². The third kappa shape index (κ3) is 3.13. The number of rotatable bonds is 4. The molecule has 9 heteroatoms. The molecule has 28 heavy (non-hydrogen) atoms. The number of piperazine rings is 1. The van der Waals surface area contributed by atoms with Gasteiger partial charge in [0, 0.05) is 49.7 Å². The Morgan fingerprint density at radius 2 is 2.00 bits per heavy atom. The number of imidazole rings is 1. The maximum Gasteiger partial charge on any atom is 0.254 e. The van der Waals surface area contributed by atoms with Crippen LogP contribution in [0.3, 0.4) is 0 Å². The molecule has 3 N–H and O–H groups in total. The molecular formula is C19H21FN6O2. The molecule has 1 fully saturated rings. The van der Waals surface area contributed by atoms with Gasteiger partial charge in [0.25, 0.3) is 5.91 Å². The van der Waals surface area contributed by atoms with Crippen LogP contribution >= 0.6 is 0 Å². The molecule has 3 aromatic heterocycles. The molecule has 0 saturated carbocycles. The van der Waals surface area contributed by atoms with E-state index >= 15 is 0 Å². The summed E-state index contributed by atoms with van der Waals surface area (Å²) in [5.74, 6) is -0.325. The highest BCUT2D eigenvalue weighted by Gasteiger charge is 2.23. The Labute approximate surface area is 161 Å². The van der Waals surface area contributed by atoms with Crippen LogP contribution in [0.15, 0.2) is 24.5 Å². The summed E-state index contributed by atoms with van der Waals surface area (Å²) in [5, 5.41) is 3.29. The van der Waals surface area contributed by atoms with Crippen LogP contribution in [-0.4, -0.2) is 53.6 Å². The van der Waals surface area contributed by atoms with Crippen molar-refractivity contribution in [2.45, 2.75) is 6.92 Å². The summed E-state index contributed by atoms with van der Waals surface area (Å²) in [4.78, 5) is 22.8. The molecule has 1 amide bonds. The van der Waals surface area contributed by atoms with Gasteiger partial charge in [0.05, 0.1) is 12.8 Å². The molecule has 0 atom stereocenters. The zero-order valence-corrected chi connectivity index (χ0v) is 15.7. The number of carbonyl (C=O) groups is 1. The van der Waals surface area contributed by atoms with Crippen molar-refractivity contribution < 1.29 is 13.9 Å². The number of amides is 1. The summed E-state index contributed by atoms with van der Waals surface area (Å²) in [6.07, 6.45) is 3.52. The maximum atomic E-state index is 14.7. The van der Waals surface area contributed by atoms with E-state index in [-0.39, 0.29) is 17.1 Å². The lowest BCUT2D eigenvalue weighted by molar-refractivity contribution is 0.0996. The lowest BCUT2D eigenvalue weighted by Crippen LogP contribution is -2.44. The van der Waals surface area contributed by atoms with Crippen molar-refractivity contribution in [1.29, 1.82) is 0 Å². The van der Waals surface area contributed by atoms with Crippen LogP contribution in [0.4, 0.5) is 10.2 Å². The average Bonchev–Trinajstić information content (AvgIpc) is 3.08. The molecule has 1 aliphatic heterocycles. The second kappa shape index (κ2) is 7.08.